The summed E-state index contributed by atoms with van der Waals surface area (Å²) in [6.07, 6.45) is 5.06. The molecular formula is C14H17FO3. The predicted molar refractivity (Wildman–Crippen MR) is 65.5 cm³/mol. The fraction of sp³-hybridized carbons (Fsp3) is 0.500. The molecule has 0 spiro atoms. The molecule has 98 valence electrons. The van der Waals surface area contributed by atoms with E-state index in [4.69, 9.17) is 9.47 Å². The van der Waals surface area contributed by atoms with Gasteiger partial charge in [0.05, 0.1) is 12.7 Å². The van der Waals surface area contributed by atoms with E-state index in [-0.39, 0.29) is 0 Å². The summed E-state index contributed by atoms with van der Waals surface area (Å²) >= 11 is 0. The Morgan fingerprint density at radius 3 is 3.06 bits per heavy atom. The Morgan fingerprint density at radius 2 is 2.33 bits per heavy atom. The SMILES string of the molecule is O=Cc1cc(F)cc(OCCCC2CCCO2)c1. The van der Waals surface area contributed by atoms with Gasteiger partial charge in [0.2, 0.25) is 0 Å². The third kappa shape index (κ3) is 3.81. The zero-order chi connectivity index (χ0) is 12.8. The van der Waals surface area contributed by atoms with Crippen LogP contribution in [0.3, 0.4) is 0 Å². The first-order chi connectivity index (χ1) is 8.78. The highest BCUT2D eigenvalue weighted by Gasteiger charge is 2.14. The van der Waals surface area contributed by atoms with E-state index in [9.17, 15) is 9.18 Å². The maximum atomic E-state index is 13.1. The molecule has 1 unspecified atom stereocenters. The molecule has 1 aromatic rings. The molecule has 4 heteroatoms. The maximum Gasteiger partial charge on any atom is 0.150 e. The fourth-order valence-electron chi connectivity index (χ4n) is 2.11. The van der Waals surface area contributed by atoms with Gasteiger partial charge in [0.1, 0.15) is 17.9 Å². The van der Waals surface area contributed by atoms with Crippen molar-refractivity contribution in [1.82, 2.24) is 0 Å². The lowest BCUT2D eigenvalue weighted by atomic mass is 10.1. The van der Waals surface area contributed by atoms with E-state index in [0.717, 1.165) is 32.3 Å². The normalized spacial score (nSPS) is 18.8. The van der Waals surface area contributed by atoms with Crippen molar-refractivity contribution in [1.29, 1.82) is 0 Å². The molecule has 1 aliphatic heterocycles. The van der Waals surface area contributed by atoms with Crippen molar-refractivity contribution in [2.45, 2.75) is 31.8 Å². The average molecular weight is 252 g/mol. The van der Waals surface area contributed by atoms with E-state index < -0.39 is 5.82 Å². The quantitative estimate of drug-likeness (QED) is 0.576. The molecule has 0 aromatic heterocycles. The molecule has 0 radical (unpaired) electrons. The summed E-state index contributed by atoms with van der Waals surface area (Å²) in [6, 6.07) is 4.02. The van der Waals surface area contributed by atoms with Gasteiger partial charge in [-0.2, -0.15) is 0 Å². The van der Waals surface area contributed by atoms with E-state index in [1.54, 1.807) is 6.07 Å². The number of benzene rings is 1. The maximum absolute atomic E-state index is 13.1. The second kappa shape index (κ2) is 6.50. The van der Waals surface area contributed by atoms with Gasteiger partial charge in [0, 0.05) is 18.2 Å². The monoisotopic (exact) mass is 252 g/mol. The molecule has 18 heavy (non-hydrogen) atoms. The molecule has 3 nitrogen and oxygen atoms in total. The summed E-state index contributed by atoms with van der Waals surface area (Å²) in [7, 11) is 0. The lowest BCUT2D eigenvalue weighted by Gasteiger charge is -2.10. The summed E-state index contributed by atoms with van der Waals surface area (Å²) in [6.45, 7) is 1.37. The summed E-state index contributed by atoms with van der Waals surface area (Å²) in [5.41, 5.74) is 0.295. The molecule has 1 aromatic carbocycles. The Kier molecular flexibility index (Phi) is 4.70. The van der Waals surface area contributed by atoms with Gasteiger partial charge in [0.25, 0.3) is 0 Å². The van der Waals surface area contributed by atoms with Crippen molar-refractivity contribution >= 4 is 6.29 Å². The average Bonchev–Trinajstić information content (AvgIpc) is 2.87. The number of halogens is 1. The minimum atomic E-state index is -0.450. The molecule has 0 N–H and O–H groups in total. The lowest BCUT2D eigenvalue weighted by molar-refractivity contribution is 0.0981. The van der Waals surface area contributed by atoms with Crippen LogP contribution in [0.25, 0.3) is 0 Å². The number of rotatable bonds is 6. The molecule has 2 rings (SSSR count). The Hall–Kier alpha value is -1.42. The number of ether oxygens (including phenoxy) is 2. The van der Waals surface area contributed by atoms with E-state index in [1.165, 1.54) is 12.1 Å². The number of carbonyl (C=O) groups is 1. The summed E-state index contributed by atoms with van der Waals surface area (Å²) in [4.78, 5) is 10.6. The zero-order valence-corrected chi connectivity index (χ0v) is 10.2. The number of aldehydes is 1. The van der Waals surface area contributed by atoms with Crippen LogP contribution < -0.4 is 4.74 Å². The zero-order valence-electron chi connectivity index (χ0n) is 10.2. The molecule has 0 amide bonds. The van der Waals surface area contributed by atoms with Crippen molar-refractivity contribution in [2.24, 2.45) is 0 Å². The van der Waals surface area contributed by atoms with E-state index in [1.807, 2.05) is 0 Å². The van der Waals surface area contributed by atoms with Crippen molar-refractivity contribution < 1.29 is 18.7 Å². The highest BCUT2D eigenvalue weighted by atomic mass is 19.1. The summed E-state index contributed by atoms with van der Waals surface area (Å²) in [5.74, 6) is -0.0434. The molecule has 0 saturated carbocycles. The first-order valence-electron chi connectivity index (χ1n) is 6.28. The molecule has 1 aliphatic rings. The molecule has 1 saturated heterocycles. The van der Waals surface area contributed by atoms with Crippen LogP contribution in [-0.2, 0) is 4.74 Å². The lowest BCUT2D eigenvalue weighted by Crippen LogP contribution is -2.07. The van der Waals surface area contributed by atoms with Gasteiger partial charge in [-0.3, -0.25) is 4.79 Å². The van der Waals surface area contributed by atoms with Crippen molar-refractivity contribution in [3.05, 3.63) is 29.6 Å². The Labute approximate surface area is 106 Å². The largest absolute Gasteiger partial charge is 0.493 e. The van der Waals surface area contributed by atoms with Gasteiger partial charge in [-0.1, -0.05) is 0 Å². The van der Waals surface area contributed by atoms with Gasteiger partial charge in [-0.15, -0.1) is 0 Å². The third-order valence-electron chi connectivity index (χ3n) is 2.99. The smallest absolute Gasteiger partial charge is 0.150 e. The molecule has 1 fully saturated rings. The molecule has 1 atom stereocenters. The van der Waals surface area contributed by atoms with E-state index >= 15 is 0 Å². The Bertz CT molecular complexity index is 400. The number of hydrogen-bond donors (Lipinski definition) is 0. The summed E-state index contributed by atoms with van der Waals surface area (Å²) < 4.78 is 24.0. The highest BCUT2D eigenvalue weighted by molar-refractivity contribution is 5.75. The van der Waals surface area contributed by atoms with Gasteiger partial charge in [-0.25, -0.2) is 4.39 Å². The predicted octanol–water partition coefficient (Wildman–Crippen LogP) is 2.98. The highest BCUT2D eigenvalue weighted by Crippen LogP contribution is 2.18. The van der Waals surface area contributed by atoms with Crippen molar-refractivity contribution in [2.75, 3.05) is 13.2 Å². The van der Waals surface area contributed by atoms with E-state index in [0.29, 0.717) is 30.3 Å². The molecule has 0 bridgehead atoms. The molecule has 0 aliphatic carbocycles. The first kappa shape index (κ1) is 13.0. The van der Waals surface area contributed by atoms with Crippen LogP contribution in [0.1, 0.15) is 36.0 Å². The van der Waals surface area contributed by atoms with Gasteiger partial charge >= 0.3 is 0 Å². The standard InChI is InChI=1S/C14H17FO3/c15-12-7-11(10-16)8-14(9-12)18-6-2-4-13-3-1-5-17-13/h7-10,13H,1-6H2. The minimum Gasteiger partial charge on any atom is -0.493 e. The fourth-order valence-corrected chi connectivity index (χ4v) is 2.11. The van der Waals surface area contributed by atoms with Crippen LogP contribution in [0, 0.1) is 5.82 Å². The topological polar surface area (TPSA) is 35.5 Å². The number of carbonyl (C=O) groups excluding carboxylic acids is 1. The molecule has 1 heterocycles. The second-order valence-electron chi connectivity index (χ2n) is 4.46. The van der Waals surface area contributed by atoms with Gasteiger partial charge in [-0.05, 0) is 37.8 Å². The number of hydrogen-bond acceptors (Lipinski definition) is 3. The van der Waals surface area contributed by atoms with Crippen LogP contribution >= 0.6 is 0 Å². The van der Waals surface area contributed by atoms with Crippen LogP contribution in [0.15, 0.2) is 18.2 Å². The van der Waals surface area contributed by atoms with E-state index in [2.05, 4.69) is 0 Å². The van der Waals surface area contributed by atoms with Gasteiger partial charge in [0.15, 0.2) is 0 Å². The first-order valence-corrected chi connectivity index (χ1v) is 6.28. The third-order valence-corrected chi connectivity index (χ3v) is 2.99. The van der Waals surface area contributed by atoms with Crippen LogP contribution in [0.5, 0.6) is 5.75 Å². The van der Waals surface area contributed by atoms with Crippen molar-refractivity contribution in [3.8, 4) is 5.75 Å². The minimum absolute atomic E-state index is 0.295. The Morgan fingerprint density at radius 1 is 1.44 bits per heavy atom. The van der Waals surface area contributed by atoms with Crippen LogP contribution in [-0.4, -0.2) is 25.6 Å². The summed E-state index contributed by atoms with van der Waals surface area (Å²) in [5, 5.41) is 0. The molecular weight excluding hydrogens is 235 g/mol. The van der Waals surface area contributed by atoms with Gasteiger partial charge < -0.3 is 9.47 Å². The van der Waals surface area contributed by atoms with Crippen molar-refractivity contribution in [3.63, 3.8) is 0 Å². The van der Waals surface area contributed by atoms with Crippen LogP contribution in [0.2, 0.25) is 0 Å². The second-order valence-corrected chi connectivity index (χ2v) is 4.46. The van der Waals surface area contributed by atoms with Crippen LogP contribution in [0.4, 0.5) is 4.39 Å². The Balaban J connectivity index is 1.75.